The maximum atomic E-state index is 12.9. The molecule has 2 aromatic rings. The van der Waals surface area contributed by atoms with Crippen LogP contribution in [0.2, 0.25) is 5.02 Å². The summed E-state index contributed by atoms with van der Waals surface area (Å²) in [6.45, 7) is 3.20. The molecular weight excluding hydrogens is 355 g/mol. The number of carbonyl (C=O) groups is 1. The van der Waals surface area contributed by atoms with Gasteiger partial charge in [0, 0.05) is 10.7 Å². The van der Waals surface area contributed by atoms with Crippen molar-refractivity contribution in [1.29, 1.82) is 0 Å². The summed E-state index contributed by atoms with van der Waals surface area (Å²) in [5, 5.41) is 3.08. The molecule has 2 rings (SSSR count). The molecule has 0 aliphatic carbocycles. The predicted octanol–water partition coefficient (Wildman–Crippen LogP) is 3.09. The van der Waals surface area contributed by atoms with Crippen LogP contribution in [0.25, 0.3) is 0 Å². The lowest BCUT2D eigenvalue weighted by molar-refractivity contribution is -0.117. The third kappa shape index (κ3) is 4.53. The van der Waals surface area contributed by atoms with Gasteiger partial charge in [0.2, 0.25) is 15.9 Å². The summed E-state index contributed by atoms with van der Waals surface area (Å²) < 4.78 is 39.5. The number of benzene rings is 2. The Labute approximate surface area is 144 Å². The van der Waals surface area contributed by atoms with Crippen molar-refractivity contribution in [3.8, 4) is 0 Å². The fourth-order valence-corrected chi connectivity index (χ4v) is 3.31. The number of anilines is 1. The first-order valence-electron chi connectivity index (χ1n) is 7.04. The maximum Gasteiger partial charge on any atom is 0.242 e. The van der Waals surface area contributed by atoms with Gasteiger partial charge >= 0.3 is 0 Å². The minimum absolute atomic E-state index is 0.123. The van der Waals surface area contributed by atoms with Crippen LogP contribution < -0.4 is 10.0 Å². The van der Waals surface area contributed by atoms with Crippen LogP contribution in [-0.2, 0) is 14.8 Å². The first-order valence-corrected chi connectivity index (χ1v) is 8.90. The summed E-state index contributed by atoms with van der Waals surface area (Å²) >= 11 is 5.89. The smallest absolute Gasteiger partial charge is 0.242 e. The third-order valence-corrected chi connectivity index (χ3v) is 5.10. The zero-order valence-electron chi connectivity index (χ0n) is 13.0. The summed E-state index contributed by atoms with van der Waals surface area (Å²) in [6, 6.07) is 8.31. The standard InChI is InChI=1S/C16H16ClFN2O3S/c1-10-3-4-12(17)9-15(10)19-16(21)11(2)20-24(22,23)14-7-5-13(18)6-8-14/h3-9,11,20H,1-2H3,(H,19,21). The van der Waals surface area contributed by atoms with Crippen molar-refractivity contribution in [1.82, 2.24) is 4.72 Å². The second-order valence-electron chi connectivity index (χ2n) is 5.25. The number of sulfonamides is 1. The molecule has 0 saturated carbocycles. The largest absolute Gasteiger partial charge is 0.324 e. The highest BCUT2D eigenvalue weighted by Crippen LogP contribution is 2.20. The molecule has 1 unspecified atom stereocenters. The number of carbonyl (C=O) groups excluding carboxylic acids is 1. The van der Waals surface area contributed by atoms with Crippen molar-refractivity contribution in [3.63, 3.8) is 0 Å². The Morgan fingerprint density at radius 1 is 1.17 bits per heavy atom. The highest BCUT2D eigenvalue weighted by atomic mass is 35.5. The Bertz CT molecular complexity index is 854. The van der Waals surface area contributed by atoms with E-state index in [1.54, 1.807) is 25.1 Å². The minimum Gasteiger partial charge on any atom is -0.324 e. The lowest BCUT2D eigenvalue weighted by atomic mass is 10.2. The Kier molecular flexibility index (Phi) is 5.58. The number of aryl methyl sites for hydroxylation is 1. The summed E-state index contributed by atoms with van der Waals surface area (Å²) in [6.07, 6.45) is 0. The summed E-state index contributed by atoms with van der Waals surface area (Å²) in [7, 11) is -3.94. The molecule has 5 nitrogen and oxygen atoms in total. The molecule has 0 saturated heterocycles. The van der Waals surface area contributed by atoms with Gasteiger partial charge in [0.15, 0.2) is 0 Å². The number of hydrogen-bond donors (Lipinski definition) is 2. The van der Waals surface area contributed by atoms with Crippen molar-refractivity contribution in [3.05, 3.63) is 58.9 Å². The first-order chi connectivity index (χ1) is 11.2. The van der Waals surface area contributed by atoms with E-state index in [4.69, 9.17) is 11.6 Å². The summed E-state index contributed by atoms with van der Waals surface area (Å²) in [5.74, 6) is -1.08. The highest BCUT2D eigenvalue weighted by molar-refractivity contribution is 7.89. The number of hydrogen-bond acceptors (Lipinski definition) is 3. The monoisotopic (exact) mass is 370 g/mol. The van der Waals surface area contributed by atoms with Gasteiger partial charge in [-0.3, -0.25) is 4.79 Å². The van der Waals surface area contributed by atoms with Gasteiger partial charge in [-0.05, 0) is 55.8 Å². The highest BCUT2D eigenvalue weighted by Gasteiger charge is 2.22. The van der Waals surface area contributed by atoms with Crippen molar-refractivity contribution in [2.75, 3.05) is 5.32 Å². The van der Waals surface area contributed by atoms with E-state index >= 15 is 0 Å². The number of amides is 1. The van der Waals surface area contributed by atoms with Crippen LogP contribution in [0, 0.1) is 12.7 Å². The molecule has 0 aromatic heterocycles. The van der Waals surface area contributed by atoms with Crippen molar-refractivity contribution >= 4 is 33.2 Å². The van der Waals surface area contributed by atoms with Crippen LogP contribution in [0.1, 0.15) is 12.5 Å². The number of nitrogens with one attached hydrogen (secondary N) is 2. The zero-order chi connectivity index (χ0) is 17.9. The molecule has 0 fully saturated rings. The molecule has 1 amide bonds. The quantitative estimate of drug-likeness (QED) is 0.849. The molecule has 0 aliphatic rings. The molecule has 128 valence electrons. The minimum atomic E-state index is -3.94. The lowest BCUT2D eigenvalue weighted by Gasteiger charge is -2.15. The van der Waals surface area contributed by atoms with Crippen LogP contribution >= 0.6 is 11.6 Å². The van der Waals surface area contributed by atoms with Crippen LogP contribution in [0.3, 0.4) is 0 Å². The molecule has 0 spiro atoms. The Morgan fingerprint density at radius 3 is 2.42 bits per heavy atom. The SMILES string of the molecule is Cc1ccc(Cl)cc1NC(=O)C(C)NS(=O)(=O)c1ccc(F)cc1. The molecule has 0 bridgehead atoms. The number of rotatable bonds is 5. The fraction of sp³-hybridized carbons (Fsp3) is 0.188. The van der Waals surface area contributed by atoms with E-state index in [9.17, 15) is 17.6 Å². The Hall–Kier alpha value is -1.96. The fourth-order valence-electron chi connectivity index (χ4n) is 1.94. The van der Waals surface area contributed by atoms with E-state index in [2.05, 4.69) is 10.0 Å². The average Bonchev–Trinajstić information content (AvgIpc) is 2.51. The van der Waals surface area contributed by atoms with Crippen molar-refractivity contribution < 1.29 is 17.6 Å². The van der Waals surface area contributed by atoms with Gasteiger partial charge in [-0.2, -0.15) is 4.72 Å². The van der Waals surface area contributed by atoms with Crippen LogP contribution in [0.5, 0.6) is 0 Å². The molecule has 0 radical (unpaired) electrons. The van der Waals surface area contributed by atoms with Crippen LogP contribution in [0.4, 0.5) is 10.1 Å². The van der Waals surface area contributed by atoms with Gasteiger partial charge in [0.25, 0.3) is 0 Å². The molecule has 0 aliphatic heterocycles. The van der Waals surface area contributed by atoms with Gasteiger partial charge in [0.1, 0.15) is 5.82 Å². The predicted molar refractivity (Wildman–Crippen MR) is 91.0 cm³/mol. The molecule has 2 aromatic carbocycles. The topological polar surface area (TPSA) is 75.3 Å². The summed E-state index contributed by atoms with van der Waals surface area (Å²) in [5.41, 5.74) is 1.29. The number of halogens is 2. The second kappa shape index (κ2) is 7.29. The average molecular weight is 371 g/mol. The Morgan fingerprint density at radius 2 is 1.79 bits per heavy atom. The van der Waals surface area contributed by atoms with Gasteiger partial charge in [0.05, 0.1) is 10.9 Å². The maximum absolute atomic E-state index is 12.9. The lowest BCUT2D eigenvalue weighted by Crippen LogP contribution is -2.41. The zero-order valence-corrected chi connectivity index (χ0v) is 14.6. The van der Waals surface area contributed by atoms with E-state index in [-0.39, 0.29) is 4.90 Å². The van der Waals surface area contributed by atoms with Crippen LogP contribution in [0.15, 0.2) is 47.4 Å². The molecule has 8 heteroatoms. The molecule has 2 N–H and O–H groups in total. The first kappa shape index (κ1) is 18.4. The van der Waals surface area contributed by atoms with Gasteiger partial charge in [-0.1, -0.05) is 17.7 Å². The van der Waals surface area contributed by atoms with E-state index in [0.717, 1.165) is 29.8 Å². The van der Waals surface area contributed by atoms with Gasteiger partial charge < -0.3 is 5.32 Å². The van der Waals surface area contributed by atoms with Crippen molar-refractivity contribution in [2.24, 2.45) is 0 Å². The molecular formula is C16H16ClFN2O3S. The second-order valence-corrected chi connectivity index (χ2v) is 7.40. The molecule has 24 heavy (non-hydrogen) atoms. The van der Waals surface area contributed by atoms with E-state index < -0.39 is 27.8 Å². The molecule has 0 heterocycles. The summed E-state index contributed by atoms with van der Waals surface area (Å²) in [4.78, 5) is 12.1. The molecule has 1 atom stereocenters. The van der Waals surface area contributed by atoms with Gasteiger partial charge in [-0.15, -0.1) is 0 Å². The van der Waals surface area contributed by atoms with E-state index in [1.807, 2.05) is 0 Å². The van der Waals surface area contributed by atoms with Gasteiger partial charge in [-0.25, -0.2) is 12.8 Å². The third-order valence-electron chi connectivity index (χ3n) is 3.31. The van der Waals surface area contributed by atoms with Crippen LogP contribution in [-0.4, -0.2) is 20.4 Å². The normalized spacial score (nSPS) is 12.7. The van der Waals surface area contributed by atoms with E-state index in [0.29, 0.717) is 10.7 Å². The van der Waals surface area contributed by atoms with E-state index in [1.165, 1.54) is 6.92 Å². The van der Waals surface area contributed by atoms with Crippen molar-refractivity contribution in [2.45, 2.75) is 24.8 Å². The Balaban J connectivity index is 2.10.